The van der Waals surface area contributed by atoms with E-state index in [0.717, 1.165) is 30.2 Å². The van der Waals surface area contributed by atoms with Crippen molar-refractivity contribution in [3.63, 3.8) is 0 Å². The zero-order valence-corrected chi connectivity index (χ0v) is 12.7. The van der Waals surface area contributed by atoms with Gasteiger partial charge in [-0.3, -0.25) is 0 Å². The molecule has 2 rings (SSSR count). The largest absolute Gasteiger partial charge is 0.486 e. The summed E-state index contributed by atoms with van der Waals surface area (Å²) < 4.78 is 18.4. The van der Waals surface area contributed by atoms with Gasteiger partial charge in [-0.05, 0) is 31.2 Å². The predicted octanol–water partition coefficient (Wildman–Crippen LogP) is 4.01. The van der Waals surface area contributed by atoms with Gasteiger partial charge in [-0.1, -0.05) is 18.5 Å². The number of thiazole rings is 1. The molecular formula is C14H16ClFN2OS. The first-order valence-electron chi connectivity index (χ1n) is 6.41. The Labute approximate surface area is 126 Å². The Balaban J connectivity index is 1.87. The van der Waals surface area contributed by atoms with Crippen molar-refractivity contribution >= 4 is 22.9 Å². The van der Waals surface area contributed by atoms with E-state index in [1.54, 1.807) is 11.3 Å². The van der Waals surface area contributed by atoms with Crippen LogP contribution in [0.25, 0.3) is 0 Å². The molecule has 0 saturated heterocycles. The first-order valence-corrected chi connectivity index (χ1v) is 7.66. The monoisotopic (exact) mass is 314 g/mol. The standard InChI is InChI=1S/C14H16ClFN2OS/c1-2-5-17-7-14-18-11(9-20-14)8-19-13-4-3-10(16)6-12(13)15/h3-4,6,9,17H,2,5,7-8H2,1H3. The van der Waals surface area contributed by atoms with Crippen LogP contribution in [0, 0.1) is 5.82 Å². The lowest BCUT2D eigenvalue weighted by atomic mass is 10.3. The number of hydrogen-bond donors (Lipinski definition) is 1. The average Bonchev–Trinajstić information content (AvgIpc) is 2.86. The van der Waals surface area contributed by atoms with Gasteiger partial charge in [0.2, 0.25) is 0 Å². The molecule has 0 fully saturated rings. The number of rotatable bonds is 7. The van der Waals surface area contributed by atoms with E-state index < -0.39 is 0 Å². The molecule has 0 atom stereocenters. The third-order valence-electron chi connectivity index (χ3n) is 2.57. The molecule has 108 valence electrons. The normalized spacial score (nSPS) is 10.8. The number of ether oxygens (including phenoxy) is 1. The van der Waals surface area contributed by atoms with Crippen molar-refractivity contribution in [1.82, 2.24) is 10.3 Å². The van der Waals surface area contributed by atoms with E-state index >= 15 is 0 Å². The van der Waals surface area contributed by atoms with Crippen LogP contribution in [0.15, 0.2) is 23.6 Å². The van der Waals surface area contributed by atoms with Crippen LogP contribution < -0.4 is 10.1 Å². The van der Waals surface area contributed by atoms with Gasteiger partial charge in [-0.15, -0.1) is 11.3 Å². The molecule has 0 bridgehead atoms. The summed E-state index contributed by atoms with van der Waals surface area (Å²) in [6.45, 7) is 4.21. The molecule has 1 heterocycles. The number of nitrogens with zero attached hydrogens (tertiary/aromatic N) is 1. The molecule has 6 heteroatoms. The lowest BCUT2D eigenvalue weighted by Gasteiger charge is -2.06. The van der Waals surface area contributed by atoms with E-state index in [4.69, 9.17) is 16.3 Å². The Bertz CT molecular complexity index is 562. The highest BCUT2D eigenvalue weighted by Gasteiger charge is 2.06. The third kappa shape index (κ3) is 4.44. The van der Waals surface area contributed by atoms with Crippen molar-refractivity contribution in [2.24, 2.45) is 0 Å². The molecule has 0 saturated carbocycles. The predicted molar refractivity (Wildman–Crippen MR) is 79.9 cm³/mol. The summed E-state index contributed by atoms with van der Waals surface area (Å²) in [6.07, 6.45) is 1.10. The number of aromatic nitrogens is 1. The fourth-order valence-electron chi connectivity index (χ4n) is 1.61. The van der Waals surface area contributed by atoms with Crippen LogP contribution >= 0.6 is 22.9 Å². The summed E-state index contributed by atoms with van der Waals surface area (Å²) in [5.74, 6) is 0.0898. The summed E-state index contributed by atoms with van der Waals surface area (Å²) in [5, 5.41) is 6.56. The molecule has 20 heavy (non-hydrogen) atoms. The number of benzene rings is 1. The van der Waals surface area contributed by atoms with E-state index in [1.165, 1.54) is 18.2 Å². The van der Waals surface area contributed by atoms with E-state index in [0.29, 0.717) is 12.4 Å². The first kappa shape index (κ1) is 15.2. The molecule has 0 radical (unpaired) electrons. The zero-order valence-electron chi connectivity index (χ0n) is 11.2. The van der Waals surface area contributed by atoms with Gasteiger partial charge in [0.15, 0.2) is 0 Å². The van der Waals surface area contributed by atoms with Gasteiger partial charge in [-0.2, -0.15) is 0 Å². The molecule has 0 aliphatic rings. The molecule has 0 amide bonds. The Morgan fingerprint density at radius 3 is 3.05 bits per heavy atom. The molecule has 2 aromatic rings. The van der Waals surface area contributed by atoms with Crippen LogP contribution in [0.1, 0.15) is 24.0 Å². The van der Waals surface area contributed by atoms with Crippen molar-refractivity contribution in [1.29, 1.82) is 0 Å². The molecule has 1 aromatic heterocycles. The van der Waals surface area contributed by atoms with Crippen LogP contribution in [-0.2, 0) is 13.2 Å². The molecule has 0 spiro atoms. The van der Waals surface area contributed by atoms with Crippen molar-refractivity contribution in [2.45, 2.75) is 26.5 Å². The molecule has 1 N–H and O–H groups in total. The van der Waals surface area contributed by atoms with Crippen LogP contribution in [0.4, 0.5) is 4.39 Å². The minimum atomic E-state index is -0.375. The highest BCUT2D eigenvalue weighted by molar-refractivity contribution is 7.09. The van der Waals surface area contributed by atoms with Crippen molar-refractivity contribution in [3.8, 4) is 5.75 Å². The van der Waals surface area contributed by atoms with Crippen LogP contribution in [0.5, 0.6) is 5.75 Å². The Morgan fingerprint density at radius 1 is 1.45 bits per heavy atom. The van der Waals surface area contributed by atoms with Crippen molar-refractivity contribution in [2.75, 3.05) is 6.54 Å². The molecule has 1 aromatic carbocycles. The number of hydrogen-bond acceptors (Lipinski definition) is 4. The van der Waals surface area contributed by atoms with E-state index in [2.05, 4.69) is 17.2 Å². The smallest absolute Gasteiger partial charge is 0.138 e. The van der Waals surface area contributed by atoms with Crippen molar-refractivity contribution in [3.05, 3.63) is 45.1 Å². The lowest BCUT2D eigenvalue weighted by Crippen LogP contribution is -2.13. The molecular weight excluding hydrogens is 299 g/mol. The van der Waals surface area contributed by atoms with E-state index in [-0.39, 0.29) is 10.8 Å². The van der Waals surface area contributed by atoms with Gasteiger partial charge < -0.3 is 10.1 Å². The molecule has 0 aliphatic carbocycles. The highest BCUT2D eigenvalue weighted by atomic mass is 35.5. The quantitative estimate of drug-likeness (QED) is 0.784. The lowest BCUT2D eigenvalue weighted by molar-refractivity contribution is 0.301. The Morgan fingerprint density at radius 2 is 2.30 bits per heavy atom. The van der Waals surface area contributed by atoms with Crippen LogP contribution in [0.3, 0.4) is 0 Å². The Kier molecular flexibility index (Phi) is 5.76. The second-order valence-electron chi connectivity index (χ2n) is 4.27. The van der Waals surface area contributed by atoms with Crippen LogP contribution in [0.2, 0.25) is 5.02 Å². The third-order valence-corrected chi connectivity index (χ3v) is 3.76. The van der Waals surface area contributed by atoms with E-state index in [1.807, 2.05) is 5.38 Å². The summed E-state index contributed by atoms with van der Waals surface area (Å²) in [4.78, 5) is 4.46. The van der Waals surface area contributed by atoms with Gasteiger partial charge in [0.05, 0.1) is 10.7 Å². The maximum Gasteiger partial charge on any atom is 0.138 e. The van der Waals surface area contributed by atoms with Gasteiger partial charge in [0, 0.05) is 11.9 Å². The van der Waals surface area contributed by atoms with Crippen molar-refractivity contribution < 1.29 is 9.13 Å². The zero-order chi connectivity index (χ0) is 14.4. The molecule has 0 unspecified atom stereocenters. The fraction of sp³-hybridized carbons (Fsp3) is 0.357. The van der Waals surface area contributed by atoms with Gasteiger partial charge >= 0.3 is 0 Å². The van der Waals surface area contributed by atoms with Gasteiger partial charge in [-0.25, -0.2) is 9.37 Å². The highest BCUT2D eigenvalue weighted by Crippen LogP contribution is 2.25. The first-order chi connectivity index (χ1) is 9.69. The SMILES string of the molecule is CCCNCc1nc(COc2ccc(F)cc2Cl)cs1. The minimum Gasteiger partial charge on any atom is -0.486 e. The summed E-state index contributed by atoms with van der Waals surface area (Å²) in [6, 6.07) is 4.08. The number of halogens is 2. The summed E-state index contributed by atoms with van der Waals surface area (Å²) in [7, 11) is 0. The van der Waals surface area contributed by atoms with Crippen LogP contribution in [-0.4, -0.2) is 11.5 Å². The molecule has 3 nitrogen and oxygen atoms in total. The maximum atomic E-state index is 12.9. The summed E-state index contributed by atoms with van der Waals surface area (Å²) >= 11 is 7.49. The maximum absolute atomic E-state index is 12.9. The minimum absolute atomic E-state index is 0.269. The topological polar surface area (TPSA) is 34.2 Å². The van der Waals surface area contributed by atoms with Gasteiger partial charge in [0.1, 0.15) is 23.2 Å². The fourth-order valence-corrected chi connectivity index (χ4v) is 2.58. The average molecular weight is 315 g/mol. The number of nitrogens with one attached hydrogen (secondary N) is 1. The second-order valence-corrected chi connectivity index (χ2v) is 5.62. The van der Waals surface area contributed by atoms with E-state index in [9.17, 15) is 4.39 Å². The Hall–Kier alpha value is -1.17. The molecule has 0 aliphatic heterocycles. The van der Waals surface area contributed by atoms with Gasteiger partial charge in [0.25, 0.3) is 0 Å². The summed E-state index contributed by atoms with van der Waals surface area (Å²) in [5.41, 5.74) is 0.851. The second kappa shape index (κ2) is 7.57.